The highest BCUT2D eigenvalue weighted by atomic mass is 16.3. The Morgan fingerprint density at radius 1 is 0.947 bits per heavy atom. The van der Waals surface area contributed by atoms with Gasteiger partial charge in [0.05, 0.1) is 12.3 Å². The van der Waals surface area contributed by atoms with E-state index in [1.54, 1.807) is 6.26 Å². The lowest BCUT2D eigenvalue weighted by atomic mass is 9.88. The van der Waals surface area contributed by atoms with Crippen LogP contribution in [0.15, 0.2) is 41.0 Å². The van der Waals surface area contributed by atoms with Crippen molar-refractivity contribution in [2.24, 2.45) is 5.73 Å². The van der Waals surface area contributed by atoms with Gasteiger partial charge in [0.25, 0.3) is 0 Å². The third-order valence-electron chi connectivity index (χ3n) is 3.58. The second-order valence-electron chi connectivity index (χ2n) is 5.69. The number of benzene rings is 1. The van der Waals surface area contributed by atoms with Crippen molar-refractivity contribution in [3.05, 3.63) is 59.0 Å². The van der Waals surface area contributed by atoms with Crippen molar-refractivity contribution in [3.63, 3.8) is 0 Å². The summed E-state index contributed by atoms with van der Waals surface area (Å²) in [5, 5.41) is 0. The van der Waals surface area contributed by atoms with E-state index in [2.05, 4.69) is 45.9 Å². The van der Waals surface area contributed by atoms with Gasteiger partial charge in [-0.2, -0.15) is 0 Å². The molecule has 0 saturated heterocycles. The Morgan fingerprint density at radius 3 is 2.21 bits per heavy atom. The van der Waals surface area contributed by atoms with E-state index in [0.717, 1.165) is 11.3 Å². The summed E-state index contributed by atoms with van der Waals surface area (Å²) in [5.41, 5.74) is 10.2. The van der Waals surface area contributed by atoms with Gasteiger partial charge in [0.2, 0.25) is 0 Å². The molecule has 1 aromatic heterocycles. The molecule has 2 rings (SSSR count). The molecule has 102 valence electrons. The van der Waals surface area contributed by atoms with Crippen LogP contribution in [0.5, 0.6) is 0 Å². The Balaban J connectivity index is 2.45. The molecular weight excluding hydrogens is 234 g/mol. The van der Waals surface area contributed by atoms with Gasteiger partial charge in [-0.25, -0.2) is 0 Å². The third-order valence-corrected chi connectivity index (χ3v) is 3.58. The maximum Gasteiger partial charge on any atom is 0.125 e. The molecule has 2 aromatic rings. The maximum atomic E-state index is 6.33. The molecular formula is C17H23NO. The molecule has 0 amide bonds. The summed E-state index contributed by atoms with van der Waals surface area (Å²) in [6.45, 7) is 8.84. The highest BCUT2D eigenvalue weighted by Gasteiger charge is 2.18. The molecule has 1 heterocycles. The SMILES string of the molecule is CC(C)c1ccc(C(N)c2ccco2)c(C(C)C)c1. The van der Waals surface area contributed by atoms with Crippen LogP contribution in [0.25, 0.3) is 0 Å². The van der Waals surface area contributed by atoms with Crippen LogP contribution in [0.2, 0.25) is 0 Å². The van der Waals surface area contributed by atoms with Gasteiger partial charge < -0.3 is 10.2 Å². The molecule has 0 fully saturated rings. The van der Waals surface area contributed by atoms with E-state index in [1.165, 1.54) is 11.1 Å². The normalized spacial score (nSPS) is 13.2. The molecule has 1 atom stereocenters. The molecule has 0 spiro atoms. The van der Waals surface area contributed by atoms with Gasteiger partial charge in [-0.1, -0.05) is 45.9 Å². The van der Waals surface area contributed by atoms with E-state index in [1.807, 2.05) is 12.1 Å². The lowest BCUT2D eigenvalue weighted by Crippen LogP contribution is -2.14. The number of nitrogens with two attached hydrogens (primary N) is 1. The van der Waals surface area contributed by atoms with Crippen molar-refractivity contribution in [1.82, 2.24) is 0 Å². The maximum absolute atomic E-state index is 6.33. The van der Waals surface area contributed by atoms with Crippen molar-refractivity contribution in [2.45, 2.75) is 45.6 Å². The monoisotopic (exact) mass is 257 g/mol. The zero-order valence-corrected chi connectivity index (χ0v) is 12.2. The first-order valence-corrected chi connectivity index (χ1v) is 6.93. The number of rotatable bonds is 4. The van der Waals surface area contributed by atoms with Gasteiger partial charge in [-0.3, -0.25) is 0 Å². The Morgan fingerprint density at radius 2 is 1.68 bits per heavy atom. The van der Waals surface area contributed by atoms with Gasteiger partial charge in [0, 0.05) is 0 Å². The third kappa shape index (κ3) is 2.90. The highest BCUT2D eigenvalue weighted by molar-refractivity contribution is 5.40. The van der Waals surface area contributed by atoms with E-state index < -0.39 is 0 Å². The summed E-state index contributed by atoms with van der Waals surface area (Å²) in [5.74, 6) is 1.81. The standard InChI is InChI=1S/C17H23NO/c1-11(2)13-7-8-14(15(10-13)12(3)4)17(18)16-6-5-9-19-16/h5-12,17H,18H2,1-4H3. The van der Waals surface area contributed by atoms with Crippen LogP contribution in [0.3, 0.4) is 0 Å². The van der Waals surface area contributed by atoms with Gasteiger partial charge in [-0.15, -0.1) is 0 Å². The summed E-state index contributed by atoms with van der Waals surface area (Å²) in [7, 11) is 0. The lowest BCUT2D eigenvalue weighted by Gasteiger charge is -2.19. The van der Waals surface area contributed by atoms with Gasteiger partial charge in [-0.05, 0) is 40.7 Å². The Labute approximate surface area is 115 Å². The van der Waals surface area contributed by atoms with Crippen LogP contribution in [0, 0.1) is 0 Å². The summed E-state index contributed by atoms with van der Waals surface area (Å²) >= 11 is 0. The zero-order valence-electron chi connectivity index (χ0n) is 12.2. The minimum Gasteiger partial charge on any atom is -0.467 e. The molecule has 2 N–H and O–H groups in total. The van der Waals surface area contributed by atoms with Crippen molar-refractivity contribution in [3.8, 4) is 0 Å². The molecule has 0 aliphatic rings. The highest BCUT2D eigenvalue weighted by Crippen LogP contribution is 2.30. The zero-order chi connectivity index (χ0) is 14.0. The Kier molecular flexibility index (Phi) is 4.11. The Bertz CT molecular complexity index is 526. The first-order valence-electron chi connectivity index (χ1n) is 6.93. The fourth-order valence-corrected chi connectivity index (χ4v) is 2.36. The van der Waals surface area contributed by atoms with E-state index in [0.29, 0.717) is 11.8 Å². The fourth-order valence-electron chi connectivity index (χ4n) is 2.36. The van der Waals surface area contributed by atoms with E-state index in [-0.39, 0.29) is 6.04 Å². The second-order valence-corrected chi connectivity index (χ2v) is 5.69. The second kappa shape index (κ2) is 5.62. The van der Waals surface area contributed by atoms with Crippen LogP contribution in [0.4, 0.5) is 0 Å². The Hall–Kier alpha value is -1.54. The average molecular weight is 257 g/mol. The van der Waals surface area contributed by atoms with Gasteiger partial charge >= 0.3 is 0 Å². The minimum atomic E-state index is -0.186. The quantitative estimate of drug-likeness (QED) is 0.871. The average Bonchev–Trinajstić information content (AvgIpc) is 2.90. The number of furan rings is 1. The van der Waals surface area contributed by atoms with Crippen LogP contribution < -0.4 is 5.73 Å². The van der Waals surface area contributed by atoms with Crippen LogP contribution in [-0.2, 0) is 0 Å². The fraction of sp³-hybridized carbons (Fsp3) is 0.412. The van der Waals surface area contributed by atoms with E-state index in [9.17, 15) is 0 Å². The first kappa shape index (κ1) is 13.9. The topological polar surface area (TPSA) is 39.2 Å². The van der Waals surface area contributed by atoms with E-state index in [4.69, 9.17) is 10.2 Å². The molecule has 0 radical (unpaired) electrons. The minimum absolute atomic E-state index is 0.186. The van der Waals surface area contributed by atoms with Crippen molar-refractivity contribution < 1.29 is 4.42 Å². The predicted molar refractivity (Wildman–Crippen MR) is 79.4 cm³/mol. The van der Waals surface area contributed by atoms with E-state index >= 15 is 0 Å². The summed E-state index contributed by atoms with van der Waals surface area (Å²) in [4.78, 5) is 0. The summed E-state index contributed by atoms with van der Waals surface area (Å²) < 4.78 is 5.44. The molecule has 2 nitrogen and oxygen atoms in total. The van der Waals surface area contributed by atoms with Crippen LogP contribution >= 0.6 is 0 Å². The smallest absolute Gasteiger partial charge is 0.125 e. The molecule has 2 heteroatoms. The summed E-state index contributed by atoms with van der Waals surface area (Å²) in [6, 6.07) is 10.2. The molecule has 1 aromatic carbocycles. The molecule has 0 aliphatic carbocycles. The molecule has 1 unspecified atom stereocenters. The first-order chi connectivity index (χ1) is 9.00. The van der Waals surface area contributed by atoms with Crippen LogP contribution in [0.1, 0.15) is 68.0 Å². The predicted octanol–water partition coefficient (Wildman–Crippen LogP) is 4.57. The van der Waals surface area contributed by atoms with Crippen LogP contribution in [-0.4, -0.2) is 0 Å². The van der Waals surface area contributed by atoms with Gasteiger partial charge in [0.1, 0.15) is 5.76 Å². The summed E-state index contributed by atoms with van der Waals surface area (Å²) in [6.07, 6.45) is 1.67. The molecule has 0 saturated carbocycles. The number of hydrogen-bond donors (Lipinski definition) is 1. The molecule has 19 heavy (non-hydrogen) atoms. The van der Waals surface area contributed by atoms with Crippen molar-refractivity contribution in [1.29, 1.82) is 0 Å². The largest absolute Gasteiger partial charge is 0.467 e. The molecule has 0 aliphatic heterocycles. The number of hydrogen-bond acceptors (Lipinski definition) is 2. The van der Waals surface area contributed by atoms with Crippen molar-refractivity contribution in [2.75, 3.05) is 0 Å². The van der Waals surface area contributed by atoms with Gasteiger partial charge in [0.15, 0.2) is 0 Å². The molecule has 0 bridgehead atoms. The van der Waals surface area contributed by atoms with Crippen molar-refractivity contribution >= 4 is 0 Å². The lowest BCUT2D eigenvalue weighted by molar-refractivity contribution is 0.488.